The average Bonchev–Trinajstić information content (AvgIpc) is 2.76. The number of benzene rings is 1. The zero-order valence-electron chi connectivity index (χ0n) is 9.86. The van der Waals surface area contributed by atoms with Crippen molar-refractivity contribution in [3.63, 3.8) is 0 Å². The van der Waals surface area contributed by atoms with E-state index in [1.807, 2.05) is 0 Å². The third-order valence-corrected chi connectivity index (χ3v) is 3.24. The Morgan fingerprint density at radius 3 is 2.35 bits per heavy atom. The fourth-order valence-corrected chi connectivity index (χ4v) is 1.87. The molecule has 2 aromatic rings. The highest BCUT2D eigenvalue weighted by atomic mass is 32.2. The van der Waals surface area contributed by atoms with E-state index in [0.717, 1.165) is 12.3 Å². The number of sulfone groups is 1. The largest absolute Gasteiger partial charge is 0.416 e. The predicted molar refractivity (Wildman–Crippen MR) is 59.9 cm³/mol. The first-order valence-electron chi connectivity index (χ1n) is 5.08. The van der Waals surface area contributed by atoms with Crippen molar-refractivity contribution in [2.45, 2.75) is 11.3 Å². The van der Waals surface area contributed by atoms with Crippen LogP contribution in [-0.4, -0.2) is 29.9 Å². The second-order valence-corrected chi connectivity index (χ2v) is 5.86. The van der Waals surface area contributed by atoms with E-state index in [2.05, 4.69) is 15.2 Å². The minimum Gasteiger partial charge on any atom is -0.249 e. The van der Waals surface area contributed by atoms with Gasteiger partial charge in [-0.3, -0.25) is 0 Å². The second-order valence-electron chi connectivity index (χ2n) is 3.93. The van der Waals surface area contributed by atoms with Crippen molar-refractivity contribution in [1.29, 1.82) is 0 Å². The molecule has 0 fully saturated rings. The SMILES string of the molecule is CS(=O)(=O)c1nc(-c2ccc(C(F)(F)F)cc2F)n[nH]1. The highest BCUT2D eigenvalue weighted by Gasteiger charge is 2.31. The lowest BCUT2D eigenvalue weighted by molar-refractivity contribution is -0.137. The second kappa shape index (κ2) is 4.54. The Balaban J connectivity index is 2.47. The molecule has 0 atom stereocenters. The van der Waals surface area contributed by atoms with Crippen molar-refractivity contribution in [3.05, 3.63) is 29.6 Å². The molecule has 0 aliphatic rings. The summed E-state index contributed by atoms with van der Waals surface area (Å²) in [5.74, 6) is -1.53. The van der Waals surface area contributed by atoms with E-state index in [9.17, 15) is 26.0 Å². The van der Waals surface area contributed by atoms with Crippen LogP contribution in [0.2, 0.25) is 0 Å². The predicted octanol–water partition coefficient (Wildman–Crippen LogP) is 2.03. The average molecular weight is 309 g/mol. The maximum absolute atomic E-state index is 13.6. The lowest BCUT2D eigenvalue weighted by Crippen LogP contribution is -2.05. The Morgan fingerprint density at radius 1 is 1.25 bits per heavy atom. The third-order valence-electron chi connectivity index (χ3n) is 2.35. The molecule has 0 radical (unpaired) electrons. The van der Waals surface area contributed by atoms with Gasteiger partial charge in [0.1, 0.15) is 5.82 Å². The molecule has 1 heterocycles. The molecule has 0 saturated heterocycles. The summed E-state index contributed by atoms with van der Waals surface area (Å²) < 4.78 is 73.1. The summed E-state index contributed by atoms with van der Waals surface area (Å²) in [6.45, 7) is 0. The summed E-state index contributed by atoms with van der Waals surface area (Å²) in [4.78, 5) is 3.53. The van der Waals surface area contributed by atoms with Gasteiger partial charge in [-0.1, -0.05) is 0 Å². The van der Waals surface area contributed by atoms with Gasteiger partial charge >= 0.3 is 6.18 Å². The molecular weight excluding hydrogens is 302 g/mol. The summed E-state index contributed by atoms with van der Waals surface area (Å²) in [5, 5.41) is 5.05. The number of alkyl halides is 3. The zero-order valence-corrected chi connectivity index (χ0v) is 10.7. The Kier molecular flexibility index (Phi) is 3.28. The van der Waals surface area contributed by atoms with Crippen LogP contribution in [0.15, 0.2) is 23.4 Å². The van der Waals surface area contributed by atoms with Gasteiger partial charge in [0, 0.05) is 6.26 Å². The van der Waals surface area contributed by atoms with E-state index < -0.39 is 32.6 Å². The van der Waals surface area contributed by atoms with Crippen LogP contribution in [0, 0.1) is 5.82 Å². The number of hydrogen-bond acceptors (Lipinski definition) is 4. The lowest BCUT2D eigenvalue weighted by Gasteiger charge is -2.07. The van der Waals surface area contributed by atoms with Crippen LogP contribution in [-0.2, 0) is 16.0 Å². The van der Waals surface area contributed by atoms with Gasteiger partial charge in [0.25, 0.3) is 0 Å². The van der Waals surface area contributed by atoms with Crippen LogP contribution in [0.5, 0.6) is 0 Å². The highest BCUT2D eigenvalue weighted by Crippen LogP contribution is 2.32. The molecule has 1 aromatic heterocycles. The number of halogens is 4. The van der Waals surface area contributed by atoms with Crippen molar-refractivity contribution in [1.82, 2.24) is 15.2 Å². The Bertz CT molecular complexity index is 752. The molecule has 1 N–H and O–H groups in total. The van der Waals surface area contributed by atoms with Crippen LogP contribution in [0.3, 0.4) is 0 Å². The minimum atomic E-state index is -4.67. The standard InChI is InChI=1S/C10H7F4N3O2S/c1-20(18,19)9-15-8(16-17-9)6-3-2-5(4-7(6)11)10(12,13)14/h2-4H,1H3,(H,15,16,17). The summed E-state index contributed by atoms with van der Waals surface area (Å²) in [6.07, 6.45) is -3.81. The highest BCUT2D eigenvalue weighted by molar-refractivity contribution is 7.90. The van der Waals surface area contributed by atoms with E-state index >= 15 is 0 Å². The third kappa shape index (κ3) is 2.79. The fraction of sp³-hybridized carbons (Fsp3) is 0.200. The normalized spacial score (nSPS) is 12.7. The summed E-state index contributed by atoms with van der Waals surface area (Å²) >= 11 is 0. The molecule has 0 spiro atoms. The quantitative estimate of drug-likeness (QED) is 0.861. The maximum atomic E-state index is 13.6. The molecule has 1 aromatic carbocycles. The Morgan fingerprint density at radius 2 is 1.90 bits per heavy atom. The zero-order chi connectivity index (χ0) is 15.1. The number of nitrogens with one attached hydrogen (secondary N) is 1. The Hall–Kier alpha value is -1.97. The number of rotatable bonds is 2. The Labute approximate surface area is 110 Å². The van der Waals surface area contributed by atoms with Gasteiger partial charge in [-0.2, -0.15) is 23.3 Å². The molecule has 5 nitrogen and oxygen atoms in total. The maximum Gasteiger partial charge on any atom is 0.416 e. The molecule has 20 heavy (non-hydrogen) atoms. The van der Waals surface area contributed by atoms with Crippen molar-refractivity contribution >= 4 is 9.84 Å². The molecule has 0 aliphatic carbocycles. The summed E-state index contributed by atoms with van der Waals surface area (Å²) in [5.41, 5.74) is -1.48. The van der Waals surface area contributed by atoms with E-state index in [0.29, 0.717) is 12.1 Å². The first-order valence-corrected chi connectivity index (χ1v) is 6.98. The molecule has 108 valence electrons. The molecule has 2 rings (SSSR count). The number of aromatic amines is 1. The van der Waals surface area contributed by atoms with E-state index in [-0.39, 0.29) is 11.4 Å². The van der Waals surface area contributed by atoms with Crippen molar-refractivity contribution in [2.24, 2.45) is 0 Å². The number of H-pyrrole nitrogens is 1. The molecule has 10 heteroatoms. The summed E-state index contributed by atoms with van der Waals surface area (Å²) in [7, 11) is -3.67. The number of nitrogens with zero attached hydrogens (tertiary/aromatic N) is 2. The van der Waals surface area contributed by atoms with Gasteiger partial charge in [-0.15, -0.1) is 0 Å². The molecular formula is C10H7F4N3O2S. The van der Waals surface area contributed by atoms with Crippen LogP contribution < -0.4 is 0 Å². The molecule has 0 saturated carbocycles. The number of hydrogen-bond donors (Lipinski definition) is 1. The monoisotopic (exact) mass is 309 g/mol. The van der Waals surface area contributed by atoms with Crippen molar-refractivity contribution in [3.8, 4) is 11.4 Å². The first-order chi connectivity index (χ1) is 9.09. The van der Waals surface area contributed by atoms with Crippen molar-refractivity contribution < 1.29 is 26.0 Å². The van der Waals surface area contributed by atoms with Crippen LogP contribution in [0.4, 0.5) is 17.6 Å². The van der Waals surface area contributed by atoms with Gasteiger partial charge in [-0.25, -0.2) is 17.9 Å². The molecule has 0 aliphatic heterocycles. The van der Waals surface area contributed by atoms with Crippen LogP contribution in [0.25, 0.3) is 11.4 Å². The van der Waals surface area contributed by atoms with Gasteiger partial charge in [0.15, 0.2) is 5.82 Å². The first kappa shape index (κ1) is 14.4. The summed E-state index contributed by atoms with van der Waals surface area (Å²) in [6, 6.07) is 1.80. The number of aromatic nitrogens is 3. The van der Waals surface area contributed by atoms with E-state index in [1.165, 1.54) is 0 Å². The van der Waals surface area contributed by atoms with Gasteiger partial charge in [0.05, 0.1) is 11.1 Å². The molecule has 0 amide bonds. The smallest absolute Gasteiger partial charge is 0.249 e. The van der Waals surface area contributed by atoms with Crippen molar-refractivity contribution in [2.75, 3.05) is 6.26 Å². The van der Waals surface area contributed by atoms with Crippen LogP contribution in [0.1, 0.15) is 5.56 Å². The topological polar surface area (TPSA) is 75.7 Å². The van der Waals surface area contributed by atoms with Gasteiger partial charge < -0.3 is 0 Å². The fourth-order valence-electron chi connectivity index (χ4n) is 1.41. The van der Waals surface area contributed by atoms with Gasteiger partial charge in [-0.05, 0) is 18.2 Å². The molecule has 0 unspecified atom stereocenters. The van der Waals surface area contributed by atoms with E-state index in [1.54, 1.807) is 0 Å². The molecule has 0 bridgehead atoms. The van der Waals surface area contributed by atoms with Crippen LogP contribution >= 0.6 is 0 Å². The van der Waals surface area contributed by atoms with E-state index in [4.69, 9.17) is 0 Å². The minimum absolute atomic E-state index is 0.297. The lowest BCUT2D eigenvalue weighted by atomic mass is 10.1. The van der Waals surface area contributed by atoms with Gasteiger partial charge in [0.2, 0.25) is 15.0 Å².